The van der Waals surface area contributed by atoms with Crippen molar-refractivity contribution in [2.45, 2.75) is 90.9 Å². The summed E-state index contributed by atoms with van der Waals surface area (Å²) in [5.41, 5.74) is 9.72. The molecule has 4 heterocycles. The number of rotatable bonds is 17. The monoisotopic (exact) mass is 945 g/mol. The number of allylic oxidation sites excluding steroid dienone is 4. The minimum Gasteiger partial charge on any atom is -0.493 e. The van der Waals surface area contributed by atoms with Crippen molar-refractivity contribution in [2.75, 3.05) is 37.7 Å². The van der Waals surface area contributed by atoms with Crippen molar-refractivity contribution < 1.29 is 52.8 Å². The molecule has 5 N–H and O–H groups in total. The van der Waals surface area contributed by atoms with Crippen LogP contribution in [-0.2, 0) is 20.9 Å². The average molecular weight is 946 g/mol. The van der Waals surface area contributed by atoms with Gasteiger partial charge in [-0.1, -0.05) is 50.3 Å². The Kier molecular flexibility index (Phi) is 15.5. The van der Waals surface area contributed by atoms with E-state index in [1.54, 1.807) is 60.6 Å². The average Bonchev–Trinajstić information content (AvgIpc) is 3.91. The van der Waals surface area contributed by atoms with E-state index in [-0.39, 0.29) is 66.9 Å². The first-order valence-corrected chi connectivity index (χ1v) is 22.8. The SMILES string of the molecule is CC=CC1=CN2C(=O)c3cc(OC)c(OCCCOc4cc5c(cc4OC)C(=O)N4C=C(C=CC)CC4C(O)N5C(=O)OCc4ccc(NC(=O)C(C)NC(=O)C(N)C(C)C)cc4)cc3N=CC2C1. The first-order valence-electron chi connectivity index (χ1n) is 22.8. The summed E-state index contributed by atoms with van der Waals surface area (Å²) in [6.07, 6.45) is 11.7. The number of nitrogens with two attached hydrogens (primary N) is 1. The Balaban J connectivity index is 1.04. The van der Waals surface area contributed by atoms with E-state index in [4.69, 9.17) is 29.4 Å². The first kappa shape index (κ1) is 49.5. The second kappa shape index (κ2) is 21.7. The van der Waals surface area contributed by atoms with Crippen molar-refractivity contribution in [2.24, 2.45) is 16.6 Å². The third kappa shape index (κ3) is 10.8. The van der Waals surface area contributed by atoms with Gasteiger partial charge in [-0.05, 0) is 80.5 Å². The lowest BCUT2D eigenvalue weighted by atomic mass is 10.0. The molecular formula is C51H59N7O11. The number of aliphatic hydroxyl groups excluding tert-OH is 1. The van der Waals surface area contributed by atoms with Crippen LogP contribution in [0.25, 0.3) is 0 Å². The molecule has 5 unspecified atom stereocenters. The number of anilines is 2. The topological polar surface area (TPSA) is 224 Å². The molecule has 0 radical (unpaired) electrons. The van der Waals surface area contributed by atoms with E-state index < -0.39 is 48.2 Å². The molecular weight excluding hydrogens is 887 g/mol. The van der Waals surface area contributed by atoms with Crippen molar-refractivity contribution in [1.82, 2.24) is 15.1 Å². The molecule has 0 spiro atoms. The summed E-state index contributed by atoms with van der Waals surface area (Å²) >= 11 is 0. The minimum atomic E-state index is -1.54. The van der Waals surface area contributed by atoms with E-state index in [0.717, 1.165) is 16.0 Å². The number of aliphatic imine (C=N–C) groups is 1. The smallest absolute Gasteiger partial charge is 0.416 e. The van der Waals surface area contributed by atoms with Crippen LogP contribution in [0, 0.1) is 5.92 Å². The lowest BCUT2D eigenvalue weighted by Gasteiger charge is -2.31. The second-order valence-corrected chi connectivity index (χ2v) is 17.3. The number of ether oxygens (including phenoxy) is 5. The Morgan fingerprint density at radius 3 is 2.07 bits per heavy atom. The molecule has 0 saturated heterocycles. The van der Waals surface area contributed by atoms with Crippen molar-refractivity contribution in [1.29, 1.82) is 0 Å². The molecule has 69 heavy (non-hydrogen) atoms. The highest BCUT2D eigenvalue weighted by atomic mass is 16.6. The van der Waals surface area contributed by atoms with E-state index in [0.29, 0.717) is 46.8 Å². The number of methoxy groups -OCH3 is 2. The zero-order chi connectivity index (χ0) is 49.5. The van der Waals surface area contributed by atoms with Crippen LogP contribution in [0.2, 0.25) is 0 Å². The molecule has 0 aliphatic carbocycles. The highest BCUT2D eigenvalue weighted by Crippen LogP contribution is 2.43. The van der Waals surface area contributed by atoms with Crippen LogP contribution in [0.3, 0.4) is 0 Å². The van der Waals surface area contributed by atoms with Crippen molar-refractivity contribution in [3.63, 3.8) is 0 Å². The van der Waals surface area contributed by atoms with E-state index in [2.05, 4.69) is 15.6 Å². The predicted octanol–water partition coefficient (Wildman–Crippen LogP) is 6.52. The highest BCUT2D eigenvalue weighted by molar-refractivity contribution is 6.07. The van der Waals surface area contributed by atoms with Gasteiger partial charge >= 0.3 is 6.09 Å². The fraction of sp³-hybridized carbons (Fsp3) is 0.373. The first-order chi connectivity index (χ1) is 33.1. The highest BCUT2D eigenvalue weighted by Gasteiger charge is 2.45. The van der Waals surface area contributed by atoms with Gasteiger partial charge in [0.1, 0.15) is 12.6 Å². The number of carbonyl (C=O) groups is 5. The Hall–Kier alpha value is -7.44. The van der Waals surface area contributed by atoms with Crippen LogP contribution in [0.5, 0.6) is 23.0 Å². The molecule has 3 aromatic rings. The summed E-state index contributed by atoms with van der Waals surface area (Å²) in [6.45, 7) is 9.02. The largest absolute Gasteiger partial charge is 0.493 e. The summed E-state index contributed by atoms with van der Waals surface area (Å²) < 4.78 is 29.4. The van der Waals surface area contributed by atoms with Gasteiger partial charge in [-0.2, -0.15) is 0 Å². The quantitative estimate of drug-likeness (QED) is 0.106. The van der Waals surface area contributed by atoms with Crippen LogP contribution < -0.4 is 40.2 Å². The molecule has 0 fully saturated rings. The van der Waals surface area contributed by atoms with Gasteiger partial charge in [-0.15, -0.1) is 0 Å². The Bertz CT molecular complexity index is 2620. The van der Waals surface area contributed by atoms with Crippen LogP contribution in [0.4, 0.5) is 21.9 Å². The van der Waals surface area contributed by atoms with Gasteiger partial charge in [0.2, 0.25) is 11.8 Å². The van der Waals surface area contributed by atoms with Crippen LogP contribution >= 0.6 is 0 Å². The number of carbonyl (C=O) groups excluding carboxylic acids is 5. The summed E-state index contributed by atoms with van der Waals surface area (Å²) in [6, 6.07) is 10.2. The van der Waals surface area contributed by atoms with Gasteiger partial charge in [0.05, 0.1) is 68.1 Å². The summed E-state index contributed by atoms with van der Waals surface area (Å²) in [5, 5.41) is 17.3. The van der Waals surface area contributed by atoms with Crippen LogP contribution in [-0.4, -0.2) is 109 Å². The Morgan fingerprint density at radius 2 is 1.43 bits per heavy atom. The third-order valence-electron chi connectivity index (χ3n) is 12.1. The molecule has 0 bridgehead atoms. The molecule has 18 nitrogen and oxygen atoms in total. The molecule has 4 aliphatic heterocycles. The van der Waals surface area contributed by atoms with Gasteiger partial charge in [-0.3, -0.25) is 24.2 Å². The van der Waals surface area contributed by atoms with Crippen molar-refractivity contribution >= 4 is 53.0 Å². The third-order valence-corrected chi connectivity index (χ3v) is 12.1. The molecule has 3 aromatic carbocycles. The zero-order valence-electron chi connectivity index (χ0n) is 39.8. The van der Waals surface area contributed by atoms with Gasteiger partial charge < -0.3 is 55.0 Å². The molecule has 7 rings (SSSR count). The maximum atomic E-state index is 14.3. The van der Waals surface area contributed by atoms with Gasteiger partial charge in [-0.25, -0.2) is 9.69 Å². The van der Waals surface area contributed by atoms with Gasteiger partial charge in [0, 0.05) is 42.9 Å². The number of aliphatic hydroxyl groups is 1. The molecule has 5 atom stereocenters. The molecule has 364 valence electrons. The predicted molar refractivity (Wildman–Crippen MR) is 259 cm³/mol. The molecule has 0 aromatic heterocycles. The fourth-order valence-corrected chi connectivity index (χ4v) is 8.28. The van der Waals surface area contributed by atoms with Crippen LogP contribution in [0.15, 0.2) is 101 Å². The van der Waals surface area contributed by atoms with Crippen molar-refractivity contribution in [3.8, 4) is 23.0 Å². The molecule has 5 amide bonds. The van der Waals surface area contributed by atoms with E-state index in [1.165, 1.54) is 31.3 Å². The number of nitrogens with one attached hydrogen (secondary N) is 2. The van der Waals surface area contributed by atoms with E-state index in [9.17, 15) is 29.1 Å². The lowest BCUT2D eigenvalue weighted by molar-refractivity contribution is -0.127. The second-order valence-electron chi connectivity index (χ2n) is 17.3. The number of hydrogen-bond donors (Lipinski definition) is 4. The fourth-order valence-electron chi connectivity index (χ4n) is 8.28. The van der Waals surface area contributed by atoms with Crippen molar-refractivity contribution in [3.05, 3.63) is 113 Å². The van der Waals surface area contributed by atoms with E-state index >= 15 is 0 Å². The number of amides is 5. The standard InChI is InChI=1S/C51H59N7O11/c1-8-11-32-19-35-25-53-38-23-43(41(65-6)21-36(38)48(61)56(35)26-32)67-17-10-18-68-44-24-39-37(22-42(44)66-7)49(62)57-27-33(12-9-2)20-40(57)50(63)58(39)51(64)69-28-31-13-15-34(16-14-31)55-46(59)30(5)54-47(60)45(52)29(3)4/h8-9,11-16,21-27,29-30,35,40,45,50,63H,10,17-20,28,52H2,1-7H3,(H,54,60)(H,55,59). The normalized spacial score (nSPS) is 19.2. The lowest BCUT2D eigenvalue weighted by Crippen LogP contribution is -2.50. The number of nitrogens with zero attached hydrogens (tertiary/aromatic N) is 4. The number of fused-ring (bicyclic) bond motifs is 4. The summed E-state index contributed by atoms with van der Waals surface area (Å²) in [7, 11) is 2.93. The maximum Gasteiger partial charge on any atom is 0.416 e. The van der Waals surface area contributed by atoms with Gasteiger partial charge in [0.25, 0.3) is 11.8 Å². The van der Waals surface area contributed by atoms with E-state index in [1.807, 2.05) is 58.2 Å². The summed E-state index contributed by atoms with van der Waals surface area (Å²) in [5.74, 6) is -0.460. The maximum absolute atomic E-state index is 14.3. The Morgan fingerprint density at radius 1 is 0.826 bits per heavy atom. The van der Waals surface area contributed by atoms with Crippen LogP contribution in [0.1, 0.15) is 80.2 Å². The minimum absolute atomic E-state index is 0.0485. The van der Waals surface area contributed by atoms with Gasteiger partial charge in [0.15, 0.2) is 29.2 Å². The zero-order valence-corrected chi connectivity index (χ0v) is 39.8. The summed E-state index contributed by atoms with van der Waals surface area (Å²) in [4.78, 5) is 76.0. The Labute approximate surface area is 401 Å². The molecule has 18 heteroatoms. The molecule has 4 aliphatic rings. The number of hydrogen-bond acceptors (Lipinski definition) is 13. The molecule has 0 saturated carbocycles. The number of benzene rings is 3.